The number of hydrogen-bond acceptors (Lipinski definition) is 3. The maximum atomic E-state index is 13.3. The fourth-order valence-electron chi connectivity index (χ4n) is 10.4. The highest BCUT2D eigenvalue weighted by Crippen LogP contribution is 2.46. The molecule has 0 fully saturated rings. The van der Waals surface area contributed by atoms with Crippen LogP contribution in [-0.4, -0.2) is 26.4 Å². The van der Waals surface area contributed by atoms with Gasteiger partial charge in [-0.25, -0.2) is 0 Å². The molecule has 11 rings (SSSR count). The molecule has 2 nitrogen and oxygen atoms in total. The molecule has 10 aromatic carbocycles. The fraction of sp³-hybridized carbons (Fsp3) is 0. The van der Waals surface area contributed by atoms with E-state index in [1.54, 1.807) is 11.3 Å². The van der Waals surface area contributed by atoms with Crippen LogP contribution in [0.4, 0.5) is 0 Å². The summed E-state index contributed by atoms with van der Waals surface area (Å²) in [6.07, 6.45) is 0. The summed E-state index contributed by atoms with van der Waals surface area (Å²) < 4.78 is 0. The third kappa shape index (κ3) is 6.58. The minimum atomic E-state index is -3.13. The number of fused-ring (bicyclic) bond motifs is 2. The van der Waals surface area contributed by atoms with E-state index >= 15 is 0 Å². The van der Waals surface area contributed by atoms with Crippen LogP contribution in [-0.2, 0) is 0 Å². The largest absolute Gasteiger partial charge is 0.507 e. The summed E-state index contributed by atoms with van der Waals surface area (Å²) in [7, 11) is -6.27. The van der Waals surface area contributed by atoms with Gasteiger partial charge in [-0.15, -0.1) is 11.3 Å². The van der Waals surface area contributed by atoms with Crippen LogP contribution in [0.25, 0.3) is 42.4 Å². The quantitative estimate of drug-likeness (QED) is 0.106. The van der Waals surface area contributed by atoms with Gasteiger partial charge >= 0.3 is 0 Å². The third-order valence-electron chi connectivity index (χ3n) is 13.2. The molecule has 0 amide bonds. The lowest BCUT2D eigenvalue weighted by Crippen LogP contribution is -2.74. The normalized spacial score (nSPS) is 11.8. The summed E-state index contributed by atoms with van der Waals surface area (Å²) in [6.45, 7) is 0. The van der Waals surface area contributed by atoms with E-state index in [9.17, 15) is 10.2 Å². The van der Waals surface area contributed by atoms with Gasteiger partial charge in [0.05, 0.1) is 0 Å². The van der Waals surface area contributed by atoms with Gasteiger partial charge in [0.15, 0.2) is 16.1 Å². The first-order chi connectivity index (χ1) is 32.1. The zero-order valence-corrected chi connectivity index (χ0v) is 38.4. The summed E-state index contributed by atoms with van der Waals surface area (Å²) >= 11 is 1.62. The van der Waals surface area contributed by atoms with E-state index in [1.807, 2.05) is 0 Å². The van der Waals surface area contributed by atoms with Gasteiger partial charge in [0.2, 0.25) is 0 Å². The average molecular weight is 885 g/mol. The van der Waals surface area contributed by atoms with E-state index in [-0.39, 0.29) is 11.5 Å². The van der Waals surface area contributed by atoms with Crippen LogP contribution >= 0.6 is 11.3 Å². The van der Waals surface area contributed by atoms with Crippen molar-refractivity contribution in [1.82, 2.24) is 0 Å². The highest BCUT2D eigenvalue weighted by molar-refractivity contribution is 7.22. The van der Waals surface area contributed by atoms with Crippen molar-refractivity contribution in [2.24, 2.45) is 0 Å². The molecular formula is C60H44O2SSi2. The second kappa shape index (κ2) is 16.9. The van der Waals surface area contributed by atoms with E-state index in [0.29, 0.717) is 0 Å². The molecule has 0 unspecified atom stereocenters. The van der Waals surface area contributed by atoms with Crippen molar-refractivity contribution in [1.29, 1.82) is 0 Å². The van der Waals surface area contributed by atoms with Crippen LogP contribution in [0.15, 0.2) is 255 Å². The number of phenols is 2. The molecule has 0 bridgehead atoms. The molecule has 0 atom stereocenters. The molecule has 11 aromatic rings. The van der Waals surface area contributed by atoms with Crippen molar-refractivity contribution in [3.05, 3.63) is 255 Å². The Labute approximate surface area is 385 Å². The Morgan fingerprint density at radius 2 is 0.523 bits per heavy atom. The summed E-state index contributed by atoms with van der Waals surface area (Å²) in [5, 5.41) is 39.7. The fourth-order valence-corrected chi connectivity index (χ4v) is 21.3. The zero-order chi connectivity index (χ0) is 43.8. The minimum Gasteiger partial charge on any atom is -0.507 e. The molecule has 5 heteroatoms. The standard InChI is InChI=1S/C60H44O2SSi2/c61-59-55(64(45-25-7-1-8-26-45,46-27-9-2-10-28-46)47-29-11-3-12-30-47)41-43-23-19-21-37-51(43)57(59)53-39-40-54(63-53)58-52-38-22-20-24-44(52)42-56(60(58)62)65(48-31-13-4-14-32-48,49-33-15-5-16-34-49)50-35-17-6-18-36-50/h1-42,61-62H. The van der Waals surface area contributed by atoms with Crippen molar-refractivity contribution in [2.45, 2.75) is 0 Å². The Morgan fingerprint density at radius 1 is 0.277 bits per heavy atom. The SMILES string of the molecule is Oc1c([Si](c2ccccc2)(c2ccccc2)c2ccccc2)cc2ccccc2c1-c1ccc(-c2c(O)c([Si](c3ccccc3)(c3ccccc3)c3ccccc3)cc3ccccc23)s1. The van der Waals surface area contributed by atoms with Crippen LogP contribution in [0.3, 0.4) is 0 Å². The molecule has 0 saturated heterocycles. The van der Waals surface area contributed by atoms with Crippen molar-refractivity contribution < 1.29 is 10.2 Å². The van der Waals surface area contributed by atoms with Crippen molar-refractivity contribution in [3.63, 3.8) is 0 Å². The van der Waals surface area contributed by atoms with Crippen LogP contribution in [0.1, 0.15) is 0 Å². The highest BCUT2D eigenvalue weighted by atomic mass is 32.1. The number of hydrogen-bond donors (Lipinski definition) is 2. The Hall–Kier alpha value is -7.55. The van der Waals surface area contributed by atoms with E-state index in [1.165, 1.54) is 31.1 Å². The van der Waals surface area contributed by atoms with E-state index in [0.717, 1.165) is 52.8 Å². The Balaban J connectivity index is 1.19. The molecule has 310 valence electrons. The van der Waals surface area contributed by atoms with E-state index < -0.39 is 16.1 Å². The first-order valence-corrected chi connectivity index (χ1v) is 26.9. The molecule has 0 aliphatic carbocycles. The van der Waals surface area contributed by atoms with Crippen LogP contribution in [0.5, 0.6) is 11.5 Å². The molecule has 1 heterocycles. The molecule has 65 heavy (non-hydrogen) atoms. The van der Waals surface area contributed by atoms with Gasteiger partial charge in [0.1, 0.15) is 11.5 Å². The molecule has 0 aliphatic heterocycles. The molecule has 0 aliphatic rings. The smallest absolute Gasteiger partial charge is 0.184 e. The lowest BCUT2D eigenvalue weighted by Gasteiger charge is -2.35. The van der Waals surface area contributed by atoms with Crippen molar-refractivity contribution in [2.75, 3.05) is 0 Å². The summed E-state index contributed by atoms with van der Waals surface area (Å²) in [5.74, 6) is 0.568. The number of phenolic OH excluding ortho intramolecular Hbond substituents is 2. The average Bonchev–Trinajstić information content (AvgIpc) is 3.86. The molecule has 1 aromatic heterocycles. The third-order valence-corrected chi connectivity index (χ3v) is 23.9. The van der Waals surface area contributed by atoms with Crippen LogP contribution in [0.2, 0.25) is 0 Å². The summed E-state index contributed by atoms with van der Waals surface area (Å²) in [5.41, 5.74) is 1.60. The van der Waals surface area contributed by atoms with Gasteiger partial charge in [-0.1, -0.05) is 243 Å². The minimum absolute atomic E-state index is 0.284. The van der Waals surface area contributed by atoms with E-state index in [4.69, 9.17) is 0 Å². The van der Waals surface area contributed by atoms with Crippen LogP contribution in [0, 0.1) is 0 Å². The number of rotatable bonds is 10. The van der Waals surface area contributed by atoms with Crippen molar-refractivity contribution >= 4 is 90.5 Å². The highest BCUT2D eigenvalue weighted by Gasteiger charge is 2.46. The second-order valence-corrected chi connectivity index (χ2v) is 25.2. The van der Waals surface area contributed by atoms with Gasteiger partial charge < -0.3 is 10.2 Å². The second-order valence-electron chi connectivity index (χ2n) is 16.6. The molecule has 0 radical (unpaired) electrons. The van der Waals surface area contributed by atoms with Gasteiger partial charge in [-0.3, -0.25) is 0 Å². The summed E-state index contributed by atoms with van der Waals surface area (Å²) in [4.78, 5) is 1.86. The predicted molar refractivity (Wildman–Crippen MR) is 281 cm³/mol. The Morgan fingerprint density at radius 3 is 0.800 bits per heavy atom. The van der Waals surface area contributed by atoms with Gasteiger partial charge in [-0.2, -0.15) is 0 Å². The number of aromatic hydroxyl groups is 2. The number of benzene rings is 10. The topological polar surface area (TPSA) is 40.5 Å². The first kappa shape index (κ1) is 40.2. The lowest BCUT2D eigenvalue weighted by molar-refractivity contribution is 0.481. The van der Waals surface area contributed by atoms with Gasteiger partial charge in [0, 0.05) is 20.9 Å². The molecule has 0 spiro atoms. The molecular weight excluding hydrogens is 841 g/mol. The maximum absolute atomic E-state index is 13.3. The monoisotopic (exact) mass is 884 g/mol. The Bertz CT molecular complexity index is 3010. The first-order valence-electron chi connectivity index (χ1n) is 22.0. The maximum Gasteiger partial charge on any atom is 0.184 e. The van der Waals surface area contributed by atoms with E-state index in [2.05, 4.69) is 255 Å². The number of thiophene rings is 1. The lowest BCUT2D eigenvalue weighted by atomic mass is 10.0. The van der Waals surface area contributed by atoms with Crippen molar-refractivity contribution in [3.8, 4) is 32.4 Å². The zero-order valence-electron chi connectivity index (χ0n) is 35.6. The van der Waals surface area contributed by atoms with Gasteiger partial charge in [-0.05, 0) is 75.2 Å². The molecule has 0 saturated carbocycles. The molecule has 2 N–H and O–H groups in total. The summed E-state index contributed by atoms with van der Waals surface area (Å²) in [6, 6.07) is 90.2. The Kier molecular flexibility index (Phi) is 10.4. The van der Waals surface area contributed by atoms with Gasteiger partial charge in [0.25, 0.3) is 0 Å². The predicted octanol–water partition coefficient (Wildman–Crippen LogP) is 9.55. The van der Waals surface area contributed by atoms with Crippen LogP contribution < -0.4 is 41.5 Å².